The third-order valence-corrected chi connectivity index (χ3v) is 7.34. The van der Waals surface area contributed by atoms with E-state index in [0.717, 1.165) is 0 Å². The molecule has 3 aromatic heterocycles. The maximum atomic E-state index is 13.8. The monoisotopic (exact) mass is 597 g/mol. The van der Waals surface area contributed by atoms with Crippen LogP contribution in [0.4, 0.5) is 0 Å². The fourth-order valence-corrected chi connectivity index (χ4v) is 5.20. The van der Waals surface area contributed by atoms with Gasteiger partial charge in [-0.25, -0.2) is 19.2 Å². The van der Waals surface area contributed by atoms with Crippen LogP contribution < -0.4 is 4.74 Å². The summed E-state index contributed by atoms with van der Waals surface area (Å²) in [5.74, 6) is -1.12. The highest BCUT2D eigenvalue weighted by Crippen LogP contribution is 2.39. The Kier molecular flexibility index (Phi) is 7.93. The number of ether oxygens (including phenoxy) is 1. The number of phosphoric ester groups is 1. The number of phosphoric acid groups is 1. The summed E-state index contributed by atoms with van der Waals surface area (Å²) in [5, 5.41) is 4.43. The molecule has 1 saturated heterocycles. The minimum atomic E-state index is -4.91. The maximum absolute atomic E-state index is 13.8. The van der Waals surface area contributed by atoms with E-state index in [1.54, 1.807) is 43.0 Å². The van der Waals surface area contributed by atoms with Crippen molar-refractivity contribution in [3.63, 3.8) is 0 Å². The predicted molar refractivity (Wildman–Crippen MR) is 147 cm³/mol. The van der Waals surface area contributed by atoms with Crippen molar-refractivity contribution < 1.29 is 38.0 Å². The van der Waals surface area contributed by atoms with Crippen molar-refractivity contribution >= 4 is 36.3 Å². The number of Topliss-reactive ketones (excluding diaryl/α,β-unsaturated/α-hetero) is 1. The summed E-state index contributed by atoms with van der Waals surface area (Å²) in [4.78, 5) is 70.5. The first-order valence-corrected chi connectivity index (χ1v) is 14.4. The number of hydrogen-bond donors (Lipinski definition) is 2. The Labute approximate surface area is 239 Å². The van der Waals surface area contributed by atoms with Gasteiger partial charge in [0.2, 0.25) is 0 Å². The van der Waals surface area contributed by atoms with E-state index < -0.39 is 32.3 Å². The van der Waals surface area contributed by atoms with Gasteiger partial charge in [0.25, 0.3) is 17.6 Å². The number of hydrogen-bond acceptors (Lipinski definition) is 9. The summed E-state index contributed by atoms with van der Waals surface area (Å²) in [5.41, 5.74) is 0.622. The molecule has 1 aliphatic rings. The molecule has 5 rings (SSSR count). The predicted octanol–water partition coefficient (Wildman–Crippen LogP) is 1.56. The molecule has 1 unspecified atom stereocenters. The number of ketones is 1. The second-order valence-electron chi connectivity index (χ2n) is 9.67. The summed E-state index contributed by atoms with van der Waals surface area (Å²) in [6.07, 6.45) is 3.99. The smallest absolute Gasteiger partial charge is 0.471 e. The lowest BCUT2D eigenvalue weighted by Gasteiger charge is -2.39. The third-order valence-electron chi connectivity index (χ3n) is 6.88. The van der Waals surface area contributed by atoms with Crippen molar-refractivity contribution in [1.29, 1.82) is 0 Å². The fourth-order valence-electron chi connectivity index (χ4n) is 4.93. The van der Waals surface area contributed by atoms with Gasteiger partial charge in [0, 0.05) is 37.4 Å². The van der Waals surface area contributed by atoms with Crippen LogP contribution >= 0.6 is 7.82 Å². The minimum Gasteiger partial charge on any atom is -0.494 e. The van der Waals surface area contributed by atoms with Gasteiger partial charge in [-0.05, 0) is 26.0 Å². The molecule has 220 valence electrons. The molecule has 0 spiro atoms. The molecular weight excluding hydrogens is 569 g/mol. The Morgan fingerprint density at radius 3 is 2.48 bits per heavy atom. The number of aromatic nitrogens is 5. The zero-order valence-corrected chi connectivity index (χ0v) is 23.8. The number of fused-ring (bicyclic) bond motifs is 1. The van der Waals surface area contributed by atoms with Crippen molar-refractivity contribution in [2.24, 2.45) is 0 Å². The van der Waals surface area contributed by atoms with Gasteiger partial charge in [-0.15, -0.1) is 0 Å². The number of amides is 2. The summed E-state index contributed by atoms with van der Waals surface area (Å²) >= 11 is 0. The number of carbonyl (C=O) groups is 3. The van der Waals surface area contributed by atoms with Crippen LogP contribution in [-0.4, -0.2) is 94.3 Å². The van der Waals surface area contributed by atoms with E-state index in [1.807, 2.05) is 6.07 Å². The van der Waals surface area contributed by atoms with E-state index in [1.165, 1.54) is 40.0 Å². The first-order valence-electron chi connectivity index (χ1n) is 12.8. The number of nitrogens with zero attached hydrogens (tertiary/aromatic N) is 7. The molecule has 1 atom stereocenters. The van der Waals surface area contributed by atoms with E-state index in [2.05, 4.69) is 15.1 Å². The standard InChI is InChI=1S/C26H28N7O8P/c1-16-12-30(25(35)18-7-5-4-6-8-18)9-10-32(16)26(36)23(34)19-13-31(15-41-42(37,38)39)22-21(19)20(40-3)11-27-24(22)33-14-28-17(2)29-33/h4-8,11,13-14,16H,9-10,12,15H2,1-3H3,(H2,37,38,39). The van der Waals surface area contributed by atoms with Crippen molar-refractivity contribution in [2.75, 3.05) is 26.7 Å². The van der Waals surface area contributed by atoms with Gasteiger partial charge in [-0.3, -0.25) is 18.9 Å². The van der Waals surface area contributed by atoms with Gasteiger partial charge in [0.05, 0.1) is 24.3 Å². The van der Waals surface area contributed by atoms with E-state index in [-0.39, 0.29) is 53.6 Å². The van der Waals surface area contributed by atoms with E-state index in [0.29, 0.717) is 11.4 Å². The molecule has 4 aromatic rings. The van der Waals surface area contributed by atoms with Gasteiger partial charge in [-0.1, -0.05) is 18.2 Å². The Morgan fingerprint density at radius 2 is 1.86 bits per heavy atom. The average Bonchev–Trinajstić information content (AvgIpc) is 3.58. The average molecular weight is 598 g/mol. The van der Waals surface area contributed by atoms with Crippen molar-refractivity contribution in [3.05, 3.63) is 66.0 Å². The number of methoxy groups -OCH3 is 1. The largest absolute Gasteiger partial charge is 0.494 e. The van der Waals surface area contributed by atoms with Crippen molar-refractivity contribution in [3.8, 4) is 11.6 Å². The minimum absolute atomic E-state index is 0.0864. The molecule has 4 heterocycles. The second-order valence-corrected chi connectivity index (χ2v) is 10.9. The van der Waals surface area contributed by atoms with Gasteiger partial charge in [0.15, 0.2) is 5.82 Å². The van der Waals surface area contributed by atoms with Crippen LogP contribution in [0.25, 0.3) is 16.7 Å². The Bertz CT molecular complexity index is 1710. The lowest BCUT2D eigenvalue weighted by Crippen LogP contribution is -2.56. The number of pyridine rings is 1. The SMILES string of the molecule is COc1cnc(-n2cnc(C)n2)c2c1c(C(=O)C(=O)N1CCN(C(=O)c3ccccc3)CC1C)cn2COP(=O)(O)O. The molecule has 15 nitrogen and oxygen atoms in total. The highest BCUT2D eigenvalue weighted by atomic mass is 31.2. The number of benzene rings is 1. The van der Waals surface area contributed by atoms with Crippen LogP contribution in [-0.2, 0) is 20.6 Å². The fraction of sp³-hybridized carbons (Fsp3) is 0.308. The topological polar surface area (TPSA) is 182 Å². The molecule has 0 bridgehead atoms. The van der Waals surface area contributed by atoms with Crippen LogP contribution in [0.15, 0.2) is 49.1 Å². The van der Waals surface area contributed by atoms with Crippen LogP contribution in [0.1, 0.15) is 33.5 Å². The zero-order valence-electron chi connectivity index (χ0n) is 22.9. The molecule has 0 aliphatic carbocycles. The molecule has 1 aliphatic heterocycles. The van der Waals surface area contributed by atoms with Gasteiger partial charge >= 0.3 is 7.82 Å². The zero-order chi connectivity index (χ0) is 30.2. The van der Waals surface area contributed by atoms with Gasteiger partial charge in [0.1, 0.15) is 30.1 Å². The van der Waals surface area contributed by atoms with Gasteiger partial charge < -0.3 is 28.9 Å². The maximum Gasteiger partial charge on any atom is 0.471 e. The summed E-state index contributed by atoms with van der Waals surface area (Å²) in [7, 11) is -3.55. The first kappa shape index (κ1) is 29.1. The quantitative estimate of drug-likeness (QED) is 0.171. The Hall–Kier alpha value is -4.43. The van der Waals surface area contributed by atoms with Crippen LogP contribution in [0.2, 0.25) is 0 Å². The van der Waals surface area contributed by atoms with Crippen LogP contribution in [0.5, 0.6) is 5.75 Å². The second kappa shape index (κ2) is 11.4. The summed E-state index contributed by atoms with van der Waals surface area (Å²) in [6.45, 7) is 3.34. The van der Waals surface area contributed by atoms with Crippen molar-refractivity contribution in [2.45, 2.75) is 26.6 Å². The Balaban J connectivity index is 1.50. The molecule has 16 heteroatoms. The van der Waals surface area contributed by atoms with Crippen molar-refractivity contribution in [1.82, 2.24) is 34.1 Å². The molecule has 42 heavy (non-hydrogen) atoms. The first-order chi connectivity index (χ1) is 20.0. The molecule has 1 aromatic carbocycles. The van der Waals surface area contributed by atoms with Crippen LogP contribution in [0.3, 0.4) is 0 Å². The molecule has 2 N–H and O–H groups in total. The van der Waals surface area contributed by atoms with E-state index >= 15 is 0 Å². The van der Waals surface area contributed by atoms with E-state index in [4.69, 9.17) is 9.26 Å². The summed E-state index contributed by atoms with van der Waals surface area (Å²) < 4.78 is 24.3. The highest BCUT2D eigenvalue weighted by molar-refractivity contribution is 7.46. The third kappa shape index (κ3) is 5.67. The molecule has 2 amide bonds. The number of piperazine rings is 1. The molecular formula is C26H28N7O8P. The number of carbonyl (C=O) groups excluding carboxylic acids is 3. The highest BCUT2D eigenvalue weighted by Gasteiger charge is 2.36. The molecule has 0 saturated carbocycles. The molecule has 1 fully saturated rings. The normalized spacial score (nSPS) is 15.7. The number of aryl methyl sites for hydroxylation is 1. The number of rotatable bonds is 8. The molecule has 0 radical (unpaired) electrons. The lowest BCUT2D eigenvalue weighted by atomic mass is 10.1. The lowest BCUT2D eigenvalue weighted by molar-refractivity contribution is -0.130. The van der Waals surface area contributed by atoms with Crippen LogP contribution in [0, 0.1) is 6.92 Å². The van der Waals surface area contributed by atoms with Gasteiger partial charge in [-0.2, -0.15) is 5.10 Å². The Morgan fingerprint density at radius 1 is 1.12 bits per heavy atom. The summed E-state index contributed by atoms with van der Waals surface area (Å²) in [6, 6.07) is 8.34. The van der Waals surface area contributed by atoms with E-state index in [9.17, 15) is 28.7 Å².